The molecule has 1 atom stereocenters. The zero-order valence-corrected chi connectivity index (χ0v) is 15.8. The van der Waals surface area contributed by atoms with Gasteiger partial charge >= 0.3 is 0 Å². The summed E-state index contributed by atoms with van der Waals surface area (Å²) in [6.45, 7) is 5.72. The average molecular weight is 365 g/mol. The summed E-state index contributed by atoms with van der Waals surface area (Å²) < 4.78 is 2.19. The number of nitrogens with one attached hydrogen (secondary N) is 1. The molecule has 1 aliphatic carbocycles. The molecule has 1 amide bonds. The predicted molar refractivity (Wildman–Crippen MR) is 105 cm³/mol. The first-order chi connectivity index (χ1) is 13.2. The van der Waals surface area contributed by atoms with Crippen LogP contribution in [0.2, 0.25) is 0 Å². The van der Waals surface area contributed by atoms with E-state index in [0.29, 0.717) is 0 Å². The van der Waals surface area contributed by atoms with Gasteiger partial charge in [-0.25, -0.2) is 0 Å². The second kappa shape index (κ2) is 8.05. The number of carbonyl (C=O) groups excluding carboxylic acids is 1. The fourth-order valence-electron chi connectivity index (χ4n) is 3.54. The SMILES string of the molecule is C[C@H](NC(=O)C1CC1)c1nnc2n1CCN(C/C=C/c1ccccc1)CC2. The topological polar surface area (TPSA) is 63.1 Å². The highest BCUT2D eigenvalue weighted by molar-refractivity contribution is 5.81. The highest BCUT2D eigenvalue weighted by atomic mass is 16.2. The van der Waals surface area contributed by atoms with Crippen LogP contribution >= 0.6 is 0 Å². The van der Waals surface area contributed by atoms with E-state index in [4.69, 9.17) is 0 Å². The number of carbonyl (C=O) groups is 1. The first kappa shape index (κ1) is 17.9. The van der Waals surface area contributed by atoms with Gasteiger partial charge in [-0.1, -0.05) is 42.5 Å². The van der Waals surface area contributed by atoms with Crippen molar-refractivity contribution in [1.82, 2.24) is 25.0 Å². The molecule has 1 N–H and O–H groups in total. The fourth-order valence-corrected chi connectivity index (χ4v) is 3.54. The van der Waals surface area contributed by atoms with E-state index in [0.717, 1.165) is 57.1 Å². The normalized spacial score (nSPS) is 18.9. The van der Waals surface area contributed by atoms with Gasteiger partial charge in [-0.2, -0.15) is 0 Å². The molecule has 0 unspecified atom stereocenters. The van der Waals surface area contributed by atoms with Crippen molar-refractivity contribution in [2.24, 2.45) is 5.92 Å². The maximum absolute atomic E-state index is 12.0. The van der Waals surface area contributed by atoms with Crippen LogP contribution in [0.4, 0.5) is 0 Å². The Morgan fingerprint density at radius 2 is 2.04 bits per heavy atom. The van der Waals surface area contributed by atoms with Crippen LogP contribution in [0, 0.1) is 5.92 Å². The van der Waals surface area contributed by atoms with Crippen molar-refractivity contribution in [3.63, 3.8) is 0 Å². The largest absolute Gasteiger partial charge is 0.346 e. The molecule has 6 nitrogen and oxygen atoms in total. The average Bonchev–Trinajstić information content (AvgIpc) is 3.48. The van der Waals surface area contributed by atoms with Gasteiger partial charge in [0.05, 0.1) is 6.04 Å². The van der Waals surface area contributed by atoms with Crippen molar-refractivity contribution in [2.75, 3.05) is 19.6 Å². The molecule has 6 heteroatoms. The van der Waals surface area contributed by atoms with Gasteiger partial charge in [-0.05, 0) is 25.3 Å². The molecule has 0 bridgehead atoms. The van der Waals surface area contributed by atoms with Crippen LogP contribution in [0.3, 0.4) is 0 Å². The predicted octanol–water partition coefficient (Wildman–Crippen LogP) is 2.44. The Morgan fingerprint density at radius 1 is 1.22 bits per heavy atom. The number of aromatic nitrogens is 3. The number of hydrogen-bond donors (Lipinski definition) is 1. The molecule has 2 aliphatic rings. The first-order valence-electron chi connectivity index (χ1n) is 9.87. The van der Waals surface area contributed by atoms with Crippen molar-refractivity contribution < 1.29 is 4.79 Å². The zero-order valence-electron chi connectivity index (χ0n) is 15.8. The lowest BCUT2D eigenvalue weighted by Crippen LogP contribution is -2.31. The fraction of sp³-hybridized carbons (Fsp3) is 0.476. The van der Waals surface area contributed by atoms with Crippen molar-refractivity contribution >= 4 is 12.0 Å². The van der Waals surface area contributed by atoms with Gasteiger partial charge in [-0.15, -0.1) is 10.2 Å². The lowest BCUT2D eigenvalue weighted by atomic mass is 10.2. The standard InChI is InChI=1S/C21H27N5O/c1-16(22-21(27)18-9-10-18)20-24-23-19-11-13-25(14-15-26(19)20)12-5-8-17-6-3-2-4-7-17/h2-8,16,18H,9-15H2,1H3,(H,22,27)/b8-5+/t16-/m0/s1. The molecule has 2 aromatic rings. The van der Waals surface area contributed by atoms with Gasteiger partial charge in [0, 0.05) is 38.5 Å². The Hall–Kier alpha value is -2.47. The van der Waals surface area contributed by atoms with Crippen LogP contribution in [0.1, 0.15) is 43.0 Å². The molecular formula is C21H27N5O. The minimum absolute atomic E-state index is 0.0936. The molecule has 0 radical (unpaired) electrons. The van der Waals surface area contributed by atoms with Crippen LogP contribution in [0.5, 0.6) is 0 Å². The molecule has 0 spiro atoms. The third-order valence-electron chi connectivity index (χ3n) is 5.32. The number of rotatable bonds is 6. The summed E-state index contributed by atoms with van der Waals surface area (Å²) in [6, 6.07) is 10.3. The van der Waals surface area contributed by atoms with Crippen LogP contribution in [-0.2, 0) is 17.8 Å². The summed E-state index contributed by atoms with van der Waals surface area (Å²) in [7, 11) is 0. The van der Waals surface area contributed by atoms with Crippen molar-refractivity contribution in [1.29, 1.82) is 0 Å². The molecule has 1 fully saturated rings. The Kier molecular flexibility index (Phi) is 5.34. The molecule has 4 rings (SSSR count). The first-order valence-corrected chi connectivity index (χ1v) is 9.87. The maximum atomic E-state index is 12.0. The Balaban J connectivity index is 1.35. The number of benzene rings is 1. The Labute approximate surface area is 160 Å². The van der Waals surface area contributed by atoms with Gasteiger partial charge in [-0.3, -0.25) is 9.69 Å². The van der Waals surface area contributed by atoms with E-state index in [2.05, 4.69) is 61.4 Å². The van der Waals surface area contributed by atoms with Crippen LogP contribution in [-0.4, -0.2) is 45.2 Å². The van der Waals surface area contributed by atoms with Crippen LogP contribution < -0.4 is 5.32 Å². The van der Waals surface area contributed by atoms with E-state index in [1.54, 1.807) is 0 Å². The molecule has 1 saturated carbocycles. The third-order valence-corrected chi connectivity index (χ3v) is 5.32. The van der Waals surface area contributed by atoms with Crippen molar-refractivity contribution in [2.45, 2.75) is 38.8 Å². The Bertz CT molecular complexity index is 809. The summed E-state index contributed by atoms with van der Waals surface area (Å²) in [4.78, 5) is 14.5. The number of hydrogen-bond acceptors (Lipinski definition) is 4. The van der Waals surface area contributed by atoms with Gasteiger partial charge in [0.1, 0.15) is 5.82 Å². The highest BCUT2D eigenvalue weighted by Gasteiger charge is 2.31. The zero-order chi connectivity index (χ0) is 18.6. The lowest BCUT2D eigenvalue weighted by molar-refractivity contribution is -0.123. The molecule has 0 saturated heterocycles. The summed E-state index contributed by atoms with van der Waals surface area (Å²) >= 11 is 0. The minimum atomic E-state index is -0.0936. The summed E-state index contributed by atoms with van der Waals surface area (Å²) in [6.07, 6.45) is 7.31. The molecule has 142 valence electrons. The van der Waals surface area contributed by atoms with E-state index in [-0.39, 0.29) is 17.9 Å². The van der Waals surface area contributed by atoms with E-state index in [1.807, 2.05) is 13.0 Å². The summed E-state index contributed by atoms with van der Waals surface area (Å²) in [5.41, 5.74) is 1.23. The smallest absolute Gasteiger partial charge is 0.223 e. The van der Waals surface area contributed by atoms with Crippen molar-refractivity contribution in [3.05, 3.63) is 53.6 Å². The molecule has 1 aromatic carbocycles. The molecule has 1 aromatic heterocycles. The number of nitrogens with zero attached hydrogens (tertiary/aromatic N) is 4. The molecule has 27 heavy (non-hydrogen) atoms. The van der Waals surface area contributed by atoms with E-state index >= 15 is 0 Å². The van der Waals surface area contributed by atoms with Gasteiger partial charge in [0.15, 0.2) is 5.82 Å². The monoisotopic (exact) mass is 365 g/mol. The molecular weight excluding hydrogens is 338 g/mol. The van der Waals surface area contributed by atoms with E-state index in [9.17, 15) is 4.79 Å². The Morgan fingerprint density at radius 3 is 2.81 bits per heavy atom. The second-order valence-corrected chi connectivity index (χ2v) is 7.49. The van der Waals surface area contributed by atoms with Gasteiger partial charge in [0.2, 0.25) is 5.91 Å². The van der Waals surface area contributed by atoms with E-state index < -0.39 is 0 Å². The van der Waals surface area contributed by atoms with Crippen LogP contribution in [0.15, 0.2) is 36.4 Å². The van der Waals surface area contributed by atoms with Gasteiger partial charge in [0.25, 0.3) is 0 Å². The quantitative estimate of drug-likeness (QED) is 0.854. The molecule has 1 aliphatic heterocycles. The lowest BCUT2D eigenvalue weighted by Gasteiger charge is -2.18. The maximum Gasteiger partial charge on any atom is 0.223 e. The molecule has 2 heterocycles. The minimum Gasteiger partial charge on any atom is -0.346 e. The number of amides is 1. The number of fused-ring (bicyclic) bond motifs is 1. The summed E-state index contributed by atoms with van der Waals surface area (Å²) in [5.74, 6) is 2.26. The summed E-state index contributed by atoms with van der Waals surface area (Å²) in [5, 5.41) is 11.8. The van der Waals surface area contributed by atoms with E-state index in [1.165, 1.54) is 5.56 Å². The second-order valence-electron chi connectivity index (χ2n) is 7.49. The van der Waals surface area contributed by atoms with Crippen molar-refractivity contribution in [3.8, 4) is 0 Å². The third kappa shape index (κ3) is 4.45. The highest BCUT2D eigenvalue weighted by Crippen LogP contribution is 2.29. The van der Waals surface area contributed by atoms with Gasteiger partial charge < -0.3 is 9.88 Å². The van der Waals surface area contributed by atoms with Crippen LogP contribution in [0.25, 0.3) is 6.08 Å².